The first-order chi connectivity index (χ1) is 7.41. The number of carbonyl (C=O) groups excluding carboxylic acids is 1. The fourth-order valence-corrected chi connectivity index (χ4v) is 1.28. The second-order valence-electron chi connectivity index (χ2n) is 3.85. The van der Waals surface area contributed by atoms with Crippen LogP contribution in [0.5, 0.6) is 0 Å². The average molecular weight is 225 g/mol. The van der Waals surface area contributed by atoms with Gasteiger partial charge in [-0.3, -0.25) is 4.79 Å². The number of hydrogen-bond acceptors (Lipinski definition) is 3. The van der Waals surface area contributed by atoms with E-state index < -0.39 is 0 Å². The van der Waals surface area contributed by atoms with Gasteiger partial charge in [0.1, 0.15) is 5.82 Å². The smallest absolute Gasteiger partial charge is 0.241 e. The van der Waals surface area contributed by atoms with Gasteiger partial charge in [0, 0.05) is 21.1 Å². The number of carbonyl (C=O) groups is 1. The Morgan fingerprint density at radius 3 is 2.56 bits per heavy atom. The van der Waals surface area contributed by atoms with Crippen molar-refractivity contribution in [1.29, 1.82) is 0 Å². The summed E-state index contributed by atoms with van der Waals surface area (Å²) in [6.07, 6.45) is 0. The number of likely N-dealkylation sites (N-methyl/N-ethyl adjacent to an activating group) is 2. The van der Waals surface area contributed by atoms with Crippen LogP contribution in [0, 0.1) is 5.82 Å². The van der Waals surface area contributed by atoms with Gasteiger partial charge in [-0.05, 0) is 18.2 Å². The van der Waals surface area contributed by atoms with Crippen LogP contribution < -0.4 is 10.6 Å². The van der Waals surface area contributed by atoms with Crippen LogP contribution in [0.3, 0.4) is 0 Å². The molecule has 0 saturated carbocycles. The molecule has 0 fully saturated rings. The number of hydrogen-bond donors (Lipinski definition) is 1. The van der Waals surface area contributed by atoms with Gasteiger partial charge in [-0.15, -0.1) is 0 Å². The van der Waals surface area contributed by atoms with E-state index in [4.69, 9.17) is 5.73 Å². The van der Waals surface area contributed by atoms with Gasteiger partial charge in [-0.2, -0.15) is 0 Å². The molecular weight excluding hydrogens is 209 g/mol. The number of rotatable bonds is 3. The van der Waals surface area contributed by atoms with Gasteiger partial charge in [0.05, 0.1) is 17.9 Å². The van der Waals surface area contributed by atoms with Crippen LogP contribution in [0.25, 0.3) is 0 Å². The van der Waals surface area contributed by atoms with Gasteiger partial charge in [0.2, 0.25) is 5.91 Å². The number of benzene rings is 1. The minimum absolute atomic E-state index is 0.0637. The Kier molecular flexibility index (Phi) is 3.71. The fraction of sp³-hybridized carbons (Fsp3) is 0.364. The Bertz CT molecular complexity index is 393. The Labute approximate surface area is 94.4 Å². The van der Waals surface area contributed by atoms with Gasteiger partial charge < -0.3 is 15.5 Å². The highest BCUT2D eigenvalue weighted by Crippen LogP contribution is 2.22. The normalized spacial score (nSPS) is 10.0. The van der Waals surface area contributed by atoms with Crippen LogP contribution in [0.1, 0.15) is 0 Å². The SMILES string of the molecule is CN(C)C(=O)CN(C)c1cc(F)ccc1N. The maximum Gasteiger partial charge on any atom is 0.241 e. The summed E-state index contributed by atoms with van der Waals surface area (Å²) in [7, 11) is 5.04. The van der Waals surface area contributed by atoms with Crippen LogP contribution in [0.2, 0.25) is 0 Å². The predicted octanol–water partition coefficient (Wildman–Crippen LogP) is 0.932. The first kappa shape index (κ1) is 12.3. The molecule has 2 N–H and O–H groups in total. The number of nitrogens with zero attached hydrogens (tertiary/aromatic N) is 2. The molecule has 1 rings (SSSR count). The first-order valence-corrected chi connectivity index (χ1v) is 4.88. The third kappa shape index (κ3) is 2.85. The summed E-state index contributed by atoms with van der Waals surface area (Å²) < 4.78 is 13.0. The van der Waals surface area contributed by atoms with Gasteiger partial charge in [0.25, 0.3) is 0 Å². The minimum Gasteiger partial charge on any atom is -0.397 e. The van der Waals surface area contributed by atoms with Gasteiger partial charge >= 0.3 is 0 Å². The van der Waals surface area contributed by atoms with Crippen molar-refractivity contribution in [2.24, 2.45) is 0 Å². The van der Waals surface area contributed by atoms with Crippen molar-refractivity contribution in [3.8, 4) is 0 Å². The Balaban J connectivity index is 2.84. The van der Waals surface area contributed by atoms with E-state index in [9.17, 15) is 9.18 Å². The van der Waals surface area contributed by atoms with E-state index in [0.29, 0.717) is 11.4 Å². The number of nitrogens with two attached hydrogens (primary N) is 1. The molecule has 16 heavy (non-hydrogen) atoms. The number of anilines is 2. The van der Waals surface area contributed by atoms with Crippen molar-refractivity contribution in [2.45, 2.75) is 0 Å². The maximum atomic E-state index is 13.0. The lowest BCUT2D eigenvalue weighted by Gasteiger charge is -2.22. The maximum absolute atomic E-state index is 13.0. The van der Waals surface area contributed by atoms with E-state index in [1.165, 1.54) is 23.1 Å². The van der Waals surface area contributed by atoms with Crippen LogP contribution >= 0.6 is 0 Å². The molecule has 0 heterocycles. The molecule has 5 heteroatoms. The molecule has 0 atom stereocenters. The Morgan fingerprint density at radius 2 is 2.00 bits per heavy atom. The van der Waals surface area contributed by atoms with E-state index in [1.54, 1.807) is 26.0 Å². The van der Waals surface area contributed by atoms with Crippen LogP contribution in [0.4, 0.5) is 15.8 Å². The summed E-state index contributed by atoms with van der Waals surface area (Å²) in [4.78, 5) is 14.6. The van der Waals surface area contributed by atoms with Crippen LogP contribution in [-0.4, -0.2) is 38.5 Å². The van der Waals surface area contributed by atoms with E-state index in [0.717, 1.165) is 0 Å². The Hall–Kier alpha value is -1.78. The van der Waals surface area contributed by atoms with E-state index in [1.807, 2.05) is 0 Å². The summed E-state index contributed by atoms with van der Waals surface area (Å²) in [6, 6.07) is 4.10. The molecule has 88 valence electrons. The van der Waals surface area contributed by atoms with Crippen molar-refractivity contribution < 1.29 is 9.18 Å². The molecule has 0 aliphatic carbocycles. The van der Waals surface area contributed by atoms with Gasteiger partial charge in [-0.1, -0.05) is 0 Å². The molecule has 1 aromatic carbocycles. The molecule has 0 bridgehead atoms. The third-order valence-electron chi connectivity index (χ3n) is 2.27. The molecule has 0 radical (unpaired) electrons. The molecule has 1 aromatic rings. The number of amides is 1. The van der Waals surface area contributed by atoms with E-state index >= 15 is 0 Å². The second kappa shape index (κ2) is 4.83. The van der Waals surface area contributed by atoms with Crippen LogP contribution in [-0.2, 0) is 4.79 Å². The van der Waals surface area contributed by atoms with Gasteiger partial charge in [-0.25, -0.2) is 4.39 Å². The Morgan fingerprint density at radius 1 is 1.38 bits per heavy atom. The lowest BCUT2D eigenvalue weighted by Crippen LogP contribution is -2.34. The average Bonchev–Trinajstić information content (AvgIpc) is 2.21. The minimum atomic E-state index is -0.367. The second-order valence-corrected chi connectivity index (χ2v) is 3.85. The third-order valence-corrected chi connectivity index (χ3v) is 2.27. The van der Waals surface area contributed by atoms with Crippen molar-refractivity contribution in [2.75, 3.05) is 38.3 Å². The highest BCUT2D eigenvalue weighted by atomic mass is 19.1. The monoisotopic (exact) mass is 225 g/mol. The molecule has 1 amide bonds. The van der Waals surface area contributed by atoms with Crippen molar-refractivity contribution in [3.63, 3.8) is 0 Å². The molecule has 0 saturated heterocycles. The molecule has 0 spiro atoms. The zero-order valence-corrected chi connectivity index (χ0v) is 9.70. The lowest BCUT2D eigenvalue weighted by molar-refractivity contribution is -0.127. The number of nitrogen functional groups attached to an aromatic ring is 1. The topological polar surface area (TPSA) is 49.6 Å². The summed E-state index contributed by atoms with van der Waals surface area (Å²) in [6.45, 7) is 0.167. The van der Waals surface area contributed by atoms with Gasteiger partial charge in [0.15, 0.2) is 0 Å². The number of halogens is 1. The molecule has 0 aliphatic rings. The highest BCUT2D eigenvalue weighted by Gasteiger charge is 2.11. The van der Waals surface area contributed by atoms with E-state index in [-0.39, 0.29) is 18.3 Å². The molecule has 0 aliphatic heterocycles. The summed E-state index contributed by atoms with van der Waals surface area (Å²) in [5.74, 6) is -0.431. The largest absolute Gasteiger partial charge is 0.397 e. The van der Waals surface area contributed by atoms with Crippen molar-refractivity contribution in [1.82, 2.24) is 4.90 Å². The fourth-order valence-electron chi connectivity index (χ4n) is 1.28. The lowest BCUT2D eigenvalue weighted by atomic mass is 10.2. The summed E-state index contributed by atoms with van der Waals surface area (Å²) in [5, 5.41) is 0. The summed E-state index contributed by atoms with van der Waals surface area (Å²) in [5.41, 5.74) is 6.69. The standard InChI is InChI=1S/C11H16FN3O/c1-14(2)11(16)7-15(3)10-6-8(12)4-5-9(10)13/h4-6H,7,13H2,1-3H3. The zero-order chi connectivity index (χ0) is 12.3. The molecular formula is C11H16FN3O. The molecule has 0 aromatic heterocycles. The van der Waals surface area contributed by atoms with Crippen molar-refractivity contribution >= 4 is 17.3 Å². The quantitative estimate of drug-likeness (QED) is 0.779. The first-order valence-electron chi connectivity index (χ1n) is 4.88. The highest BCUT2D eigenvalue weighted by molar-refractivity contribution is 5.82. The molecule has 0 unspecified atom stereocenters. The van der Waals surface area contributed by atoms with Crippen LogP contribution in [0.15, 0.2) is 18.2 Å². The summed E-state index contributed by atoms with van der Waals surface area (Å²) >= 11 is 0. The van der Waals surface area contributed by atoms with E-state index in [2.05, 4.69) is 0 Å². The molecule has 4 nitrogen and oxygen atoms in total. The predicted molar refractivity (Wildman–Crippen MR) is 62.8 cm³/mol. The van der Waals surface area contributed by atoms with Crippen molar-refractivity contribution in [3.05, 3.63) is 24.0 Å². The zero-order valence-electron chi connectivity index (χ0n) is 9.70.